The molecule has 0 bridgehead atoms. The molecule has 3 aromatic rings. The van der Waals surface area contributed by atoms with Gasteiger partial charge in [-0.1, -0.05) is 56.3 Å². The first-order chi connectivity index (χ1) is 13.4. The van der Waals surface area contributed by atoms with E-state index in [1.807, 2.05) is 0 Å². The molecule has 0 aliphatic heterocycles. The Bertz CT molecular complexity index is 973. The van der Waals surface area contributed by atoms with Crippen molar-refractivity contribution >= 4 is 0 Å². The number of aryl methyl sites for hydroxylation is 2. The minimum Gasteiger partial charge on any atom is -0.201 e. The van der Waals surface area contributed by atoms with Gasteiger partial charge in [-0.15, -0.1) is 0 Å². The van der Waals surface area contributed by atoms with Crippen molar-refractivity contribution in [1.29, 1.82) is 0 Å². The summed E-state index contributed by atoms with van der Waals surface area (Å²) >= 11 is 0. The van der Waals surface area contributed by atoms with Gasteiger partial charge in [0.25, 0.3) is 0 Å². The van der Waals surface area contributed by atoms with Crippen LogP contribution in [0.2, 0.25) is 0 Å². The zero-order valence-corrected chi connectivity index (χ0v) is 17.7. The van der Waals surface area contributed by atoms with Crippen molar-refractivity contribution < 1.29 is 4.57 Å². The Balaban J connectivity index is 1.67. The number of pyridine rings is 1. The lowest BCUT2D eigenvalue weighted by molar-refractivity contribution is -0.660. The fourth-order valence-electron chi connectivity index (χ4n) is 4.58. The van der Waals surface area contributed by atoms with Gasteiger partial charge in [0.15, 0.2) is 6.20 Å². The van der Waals surface area contributed by atoms with Crippen LogP contribution in [0.15, 0.2) is 66.9 Å². The Labute approximate surface area is 170 Å². The summed E-state index contributed by atoms with van der Waals surface area (Å²) in [5, 5.41) is 0. The lowest BCUT2D eigenvalue weighted by atomic mass is 9.71. The molecule has 1 aliphatic rings. The van der Waals surface area contributed by atoms with Crippen molar-refractivity contribution in [2.24, 2.45) is 12.5 Å². The molecule has 0 spiro atoms. The van der Waals surface area contributed by atoms with Crippen LogP contribution in [0.1, 0.15) is 56.6 Å². The van der Waals surface area contributed by atoms with E-state index >= 15 is 0 Å². The lowest BCUT2D eigenvalue weighted by Gasteiger charge is -2.34. The quantitative estimate of drug-likeness (QED) is 0.444. The summed E-state index contributed by atoms with van der Waals surface area (Å²) in [5.41, 5.74) is 8.54. The van der Waals surface area contributed by atoms with Crippen LogP contribution in [-0.4, -0.2) is 0 Å². The molecule has 0 saturated heterocycles. The Morgan fingerprint density at radius 1 is 0.857 bits per heavy atom. The van der Waals surface area contributed by atoms with E-state index in [1.165, 1.54) is 59.2 Å². The number of benzene rings is 2. The minimum atomic E-state index is 0.519. The van der Waals surface area contributed by atoms with Crippen molar-refractivity contribution in [3.8, 4) is 22.4 Å². The van der Waals surface area contributed by atoms with Gasteiger partial charge >= 0.3 is 0 Å². The van der Waals surface area contributed by atoms with Gasteiger partial charge in [0.05, 0.1) is 0 Å². The molecule has 28 heavy (non-hydrogen) atoms. The third-order valence-electron chi connectivity index (χ3n) is 6.60. The number of hydrogen-bond donors (Lipinski definition) is 0. The first kappa shape index (κ1) is 18.9. The standard InChI is InChI=1S/C27H32N/c1-20-8-5-6-11-25(20)26-19-24(14-17-28(26)4)23-10-7-9-22(18-23)21-12-15-27(2,3)16-13-21/h5-11,14,17-19,21H,12-13,15-16H2,1-4H3/q+1. The largest absolute Gasteiger partial charge is 0.213 e. The maximum Gasteiger partial charge on any atom is 0.213 e. The highest BCUT2D eigenvalue weighted by molar-refractivity contribution is 5.70. The summed E-state index contributed by atoms with van der Waals surface area (Å²) in [6.45, 7) is 7.01. The highest BCUT2D eigenvalue weighted by atomic mass is 14.9. The molecule has 1 heteroatoms. The summed E-state index contributed by atoms with van der Waals surface area (Å²) in [6, 6.07) is 22.5. The van der Waals surface area contributed by atoms with Crippen LogP contribution >= 0.6 is 0 Å². The fraction of sp³-hybridized carbons (Fsp3) is 0.370. The van der Waals surface area contributed by atoms with Gasteiger partial charge in [0.1, 0.15) is 7.05 Å². The van der Waals surface area contributed by atoms with Gasteiger partial charge < -0.3 is 0 Å². The van der Waals surface area contributed by atoms with Crippen LogP contribution < -0.4 is 4.57 Å². The Morgan fingerprint density at radius 3 is 2.32 bits per heavy atom. The first-order valence-electron chi connectivity index (χ1n) is 10.6. The molecule has 1 fully saturated rings. The van der Waals surface area contributed by atoms with Crippen LogP contribution in [0.3, 0.4) is 0 Å². The maximum atomic E-state index is 2.43. The van der Waals surface area contributed by atoms with Gasteiger partial charge in [-0.05, 0) is 72.3 Å². The molecule has 1 aliphatic carbocycles. The van der Waals surface area contributed by atoms with E-state index in [2.05, 4.69) is 99.2 Å². The number of nitrogens with zero attached hydrogens (tertiary/aromatic N) is 1. The van der Waals surface area contributed by atoms with Gasteiger partial charge in [-0.25, -0.2) is 4.57 Å². The monoisotopic (exact) mass is 370 g/mol. The molecule has 0 unspecified atom stereocenters. The molecule has 0 amide bonds. The highest BCUT2D eigenvalue weighted by Gasteiger charge is 2.27. The van der Waals surface area contributed by atoms with E-state index in [0.717, 1.165) is 0 Å². The zero-order valence-electron chi connectivity index (χ0n) is 17.7. The van der Waals surface area contributed by atoms with E-state index < -0.39 is 0 Å². The van der Waals surface area contributed by atoms with E-state index in [9.17, 15) is 0 Å². The van der Waals surface area contributed by atoms with Crippen molar-refractivity contribution in [3.05, 3.63) is 78.0 Å². The topological polar surface area (TPSA) is 3.88 Å². The summed E-state index contributed by atoms with van der Waals surface area (Å²) in [5.74, 6) is 0.712. The summed E-state index contributed by atoms with van der Waals surface area (Å²) in [6.07, 6.45) is 7.48. The molecule has 4 rings (SSSR count). The molecular weight excluding hydrogens is 338 g/mol. The fourth-order valence-corrected chi connectivity index (χ4v) is 4.58. The van der Waals surface area contributed by atoms with Gasteiger partial charge in [0, 0.05) is 17.7 Å². The van der Waals surface area contributed by atoms with E-state index in [4.69, 9.17) is 0 Å². The van der Waals surface area contributed by atoms with Crippen LogP contribution in [0.25, 0.3) is 22.4 Å². The average Bonchev–Trinajstić information content (AvgIpc) is 2.69. The normalized spacial score (nSPS) is 16.9. The number of hydrogen-bond acceptors (Lipinski definition) is 0. The van der Waals surface area contributed by atoms with Crippen molar-refractivity contribution in [2.45, 2.75) is 52.4 Å². The van der Waals surface area contributed by atoms with Crippen LogP contribution in [-0.2, 0) is 7.05 Å². The van der Waals surface area contributed by atoms with Crippen molar-refractivity contribution in [1.82, 2.24) is 0 Å². The summed E-state index contributed by atoms with van der Waals surface area (Å²) in [4.78, 5) is 0. The maximum absolute atomic E-state index is 2.43. The second-order valence-electron chi connectivity index (χ2n) is 9.29. The predicted molar refractivity (Wildman–Crippen MR) is 118 cm³/mol. The zero-order chi connectivity index (χ0) is 19.7. The molecular formula is C27H32N+. The van der Waals surface area contributed by atoms with Gasteiger partial charge in [-0.2, -0.15) is 0 Å². The molecule has 144 valence electrons. The average molecular weight is 371 g/mol. The minimum absolute atomic E-state index is 0.519. The Morgan fingerprint density at radius 2 is 1.57 bits per heavy atom. The molecule has 1 nitrogen and oxygen atoms in total. The second kappa shape index (κ2) is 7.54. The third-order valence-corrected chi connectivity index (χ3v) is 6.60. The predicted octanol–water partition coefficient (Wildman–Crippen LogP) is 6.84. The van der Waals surface area contributed by atoms with Crippen molar-refractivity contribution in [2.75, 3.05) is 0 Å². The van der Waals surface area contributed by atoms with Crippen LogP contribution in [0.5, 0.6) is 0 Å². The van der Waals surface area contributed by atoms with Gasteiger partial charge in [0.2, 0.25) is 5.69 Å². The molecule has 1 aromatic heterocycles. The Hall–Kier alpha value is -2.41. The van der Waals surface area contributed by atoms with Crippen molar-refractivity contribution in [3.63, 3.8) is 0 Å². The smallest absolute Gasteiger partial charge is 0.201 e. The molecule has 0 atom stereocenters. The molecule has 1 heterocycles. The highest BCUT2D eigenvalue weighted by Crippen LogP contribution is 2.43. The first-order valence-corrected chi connectivity index (χ1v) is 10.6. The molecule has 2 aromatic carbocycles. The van der Waals surface area contributed by atoms with E-state index in [0.29, 0.717) is 11.3 Å². The molecule has 0 radical (unpaired) electrons. The van der Waals surface area contributed by atoms with Crippen LogP contribution in [0.4, 0.5) is 0 Å². The molecule has 1 saturated carbocycles. The van der Waals surface area contributed by atoms with E-state index in [1.54, 1.807) is 0 Å². The SMILES string of the molecule is Cc1ccccc1-c1cc(-c2cccc(C3CCC(C)(C)CC3)c2)cc[n+]1C. The third kappa shape index (κ3) is 3.90. The number of aromatic nitrogens is 1. The summed E-state index contributed by atoms with van der Waals surface area (Å²) < 4.78 is 2.22. The van der Waals surface area contributed by atoms with E-state index in [-0.39, 0.29) is 0 Å². The summed E-state index contributed by atoms with van der Waals surface area (Å²) in [7, 11) is 2.13. The molecule has 0 N–H and O–H groups in total. The van der Waals surface area contributed by atoms with Gasteiger partial charge in [-0.3, -0.25) is 0 Å². The second-order valence-corrected chi connectivity index (χ2v) is 9.29. The lowest BCUT2D eigenvalue weighted by Crippen LogP contribution is -2.30. The Kier molecular flexibility index (Phi) is 5.10. The number of rotatable bonds is 3. The van der Waals surface area contributed by atoms with Crippen LogP contribution in [0, 0.1) is 12.3 Å².